The average Bonchev–Trinajstić information content (AvgIpc) is 3.32. The number of nitrogens with zero attached hydrogens (tertiary/aromatic N) is 4. The number of imide groups is 1. The van der Waals surface area contributed by atoms with E-state index in [-0.39, 0.29) is 77.6 Å². The van der Waals surface area contributed by atoms with Crippen LogP contribution in [0.2, 0.25) is 0 Å². The Morgan fingerprint density at radius 3 is 2.26 bits per heavy atom. The Labute approximate surface area is 343 Å². The van der Waals surface area contributed by atoms with Crippen molar-refractivity contribution >= 4 is 64.7 Å². The van der Waals surface area contributed by atoms with Crippen LogP contribution in [-0.4, -0.2) is 81.5 Å². The molecule has 0 radical (unpaired) electrons. The van der Waals surface area contributed by atoms with Crippen molar-refractivity contribution in [1.29, 1.82) is 5.26 Å². The first-order valence-electron chi connectivity index (χ1n) is 19.4. The molecule has 11 nitrogen and oxygen atoms in total. The van der Waals surface area contributed by atoms with E-state index in [1.165, 1.54) is 11.0 Å². The normalized spacial score (nSPS) is 26.8. The molecular formula is C41H50ClF3N6O5S. The van der Waals surface area contributed by atoms with Gasteiger partial charge in [0.2, 0.25) is 17.7 Å². The SMILES string of the molecule is CC1CC(CCOC2CCC(N3C(=S)N(c4ccc(C#N)c(C(F)(F)F)c4)C(=O)C3(C)C)CC2)CC(C)N1CC(=O)Nc1ccc(C2CCC(=O)NC2=O)cc1.Cl. The minimum Gasteiger partial charge on any atom is -0.378 e. The molecule has 2 N–H and O–H groups in total. The maximum atomic E-state index is 13.7. The van der Waals surface area contributed by atoms with Gasteiger partial charge >= 0.3 is 6.18 Å². The predicted octanol–water partition coefficient (Wildman–Crippen LogP) is 7.08. The van der Waals surface area contributed by atoms with Crippen LogP contribution in [-0.2, 0) is 30.1 Å². The molecule has 3 aliphatic heterocycles. The Hall–Kier alpha value is -4.10. The van der Waals surface area contributed by atoms with Crippen LogP contribution in [0.25, 0.3) is 0 Å². The first-order chi connectivity index (χ1) is 26.5. The van der Waals surface area contributed by atoms with Crippen molar-refractivity contribution in [2.45, 2.75) is 127 Å². The van der Waals surface area contributed by atoms with Gasteiger partial charge in [0.1, 0.15) is 5.54 Å². The van der Waals surface area contributed by atoms with E-state index in [0.29, 0.717) is 31.1 Å². The Bertz CT molecular complexity index is 1890. The number of nitrogens with one attached hydrogen (secondary N) is 2. The van der Waals surface area contributed by atoms with Crippen LogP contribution in [0.5, 0.6) is 0 Å². The summed E-state index contributed by atoms with van der Waals surface area (Å²) in [4.78, 5) is 55.6. The number of benzene rings is 2. The van der Waals surface area contributed by atoms with Gasteiger partial charge in [0.05, 0.1) is 41.5 Å². The molecule has 308 valence electrons. The minimum absolute atomic E-state index is 0. The summed E-state index contributed by atoms with van der Waals surface area (Å²) in [6, 6.07) is 12.4. The van der Waals surface area contributed by atoms with E-state index in [0.717, 1.165) is 62.6 Å². The highest BCUT2D eigenvalue weighted by Crippen LogP contribution is 2.41. The zero-order valence-corrected chi connectivity index (χ0v) is 34.2. The Balaban J connectivity index is 0.00000620. The van der Waals surface area contributed by atoms with E-state index in [1.54, 1.807) is 32.0 Å². The van der Waals surface area contributed by atoms with Gasteiger partial charge in [0.25, 0.3) is 5.91 Å². The largest absolute Gasteiger partial charge is 0.417 e. The number of piperidine rings is 2. The highest BCUT2D eigenvalue weighted by Gasteiger charge is 2.52. The molecule has 3 atom stereocenters. The number of carbonyl (C=O) groups is 4. The number of rotatable bonds is 10. The van der Waals surface area contributed by atoms with Crippen LogP contribution in [0, 0.1) is 17.2 Å². The molecule has 1 aliphatic carbocycles. The summed E-state index contributed by atoms with van der Waals surface area (Å²) in [6.07, 6.45) is 1.85. The van der Waals surface area contributed by atoms with Crippen LogP contribution in [0.3, 0.4) is 0 Å². The summed E-state index contributed by atoms with van der Waals surface area (Å²) in [5.41, 5.74) is -1.22. The van der Waals surface area contributed by atoms with Gasteiger partial charge in [-0.15, -0.1) is 12.4 Å². The quantitative estimate of drug-likeness (QED) is 0.190. The van der Waals surface area contributed by atoms with Crippen LogP contribution < -0.4 is 15.5 Å². The van der Waals surface area contributed by atoms with E-state index in [9.17, 15) is 37.6 Å². The number of amides is 4. The molecule has 3 saturated heterocycles. The summed E-state index contributed by atoms with van der Waals surface area (Å²) < 4.78 is 47.5. The van der Waals surface area contributed by atoms with Crippen molar-refractivity contribution in [3.63, 3.8) is 0 Å². The summed E-state index contributed by atoms with van der Waals surface area (Å²) in [5, 5.41) is 14.7. The molecule has 0 bridgehead atoms. The number of alkyl halides is 3. The van der Waals surface area contributed by atoms with Gasteiger partial charge in [-0.2, -0.15) is 18.4 Å². The van der Waals surface area contributed by atoms with Crippen LogP contribution in [0.1, 0.15) is 108 Å². The topological polar surface area (TPSA) is 135 Å². The maximum absolute atomic E-state index is 13.7. The summed E-state index contributed by atoms with van der Waals surface area (Å²) in [7, 11) is 0. The first kappa shape index (κ1) is 44.0. The third kappa shape index (κ3) is 9.62. The third-order valence-corrected chi connectivity index (χ3v) is 12.3. The van der Waals surface area contributed by atoms with Gasteiger partial charge in [0.15, 0.2) is 5.11 Å². The van der Waals surface area contributed by atoms with E-state index in [2.05, 4.69) is 29.4 Å². The number of thiocarbonyl (C=S) groups is 1. The smallest absolute Gasteiger partial charge is 0.378 e. The second kappa shape index (κ2) is 17.8. The van der Waals surface area contributed by atoms with Gasteiger partial charge < -0.3 is 15.0 Å². The molecule has 16 heteroatoms. The van der Waals surface area contributed by atoms with Gasteiger partial charge in [-0.1, -0.05) is 12.1 Å². The van der Waals surface area contributed by atoms with Crippen molar-refractivity contribution < 1.29 is 37.1 Å². The number of halogens is 4. The number of anilines is 2. The minimum atomic E-state index is -4.76. The molecule has 3 unspecified atom stereocenters. The fraction of sp³-hybridized carbons (Fsp3) is 0.561. The lowest BCUT2D eigenvalue weighted by Gasteiger charge is -2.42. The number of nitriles is 1. The fourth-order valence-electron chi connectivity index (χ4n) is 9.02. The second-order valence-corrected chi connectivity index (χ2v) is 16.5. The highest BCUT2D eigenvalue weighted by atomic mass is 35.5. The number of likely N-dealkylation sites (tertiary alicyclic amines) is 1. The van der Waals surface area contributed by atoms with Gasteiger partial charge in [-0.05, 0) is 133 Å². The molecule has 6 rings (SSSR count). The maximum Gasteiger partial charge on any atom is 0.417 e. The summed E-state index contributed by atoms with van der Waals surface area (Å²) in [5.74, 6) is -0.975. The molecule has 2 aromatic carbocycles. The molecule has 1 saturated carbocycles. The molecule has 2 aromatic rings. The van der Waals surface area contributed by atoms with Crippen molar-refractivity contribution in [2.24, 2.45) is 5.92 Å². The number of carbonyl (C=O) groups excluding carboxylic acids is 4. The van der Waals surface area contributed by atoms with Crippen molar-refractivity contribution in [3.05, 3.63) is 59.2 Å². The predicted molar refractivity (Wildman–Crippen MR) is 215 cm³/mol. The molecule has 57 heavy (non-hydrogen) atoms. The van der Waals surface area contributed by atoms with Gasteiger partial charge in [-0.3, -0.25) is 34.3 Å². The zero-order valence-electron chi connectivity index (χ0n) is 32.6. The Kier molecular flexibility index (Phi) is 13.7. The van der Waals surface area contributed by atoms with E-state index >= 15 is 0 Å². The third-order valence-electron chi connectivity index (χ3n) is 11.9. The van der Waals surface area contributed by atoms with Crippen LogP contribution in [0.4, 0.5) is 24.5 Å². The molecule has 3 heterocycles. The molecule has 0 spiro atoms. The summed E-state index contributed by atoms with van der Waals surface area (Å²) in [6.45, 7) is 8.67. The summed E-state index contributed by atoms with van der Waals surface area (Å²) >= 11 is 5.74. The van der Waals surface area contributed by atoms with E-state index in [4.69, 9.17) is 17.0 Å². The zero-order chi connectivity index (χ0) is 40.5. The molecule has 0 aromatic heterocycles. The fourth-order valence-corrected chi connectivity index (χ4v) is 9.58. The van der Waals surface area contributed by atoms with E-state index < -0.39 is 28.7 Å². The number of ether oxygens (including phenoxy) is 1. The molecule has 4 amide bonds. The Morgan fingerprint density at radius 1 is 1.02 bits per heavy atom. The van der Waals surface area contributed by atoms with Gasteiger partial charge in [-0.25, -0.2) is 0 Å². The molecular weight excluding hydrogens is 781 g/mol. The lowest BCUT2D eigenvalue weighted by Crippen LogP contribution is -2.51. The van der Waals surface area contributed by atoms with Crippen LogP contribution >= 0.6 is 24.6 Å². The molecule has 4 fully saturated rings. The monoisotopic (exact) mass is 830 g/mol. The van der Waals surface area contributed by atoms with Crippen molar-refractivity contribution in [2.75, 3.05) is 23.4 Å². The van der Waals surface area contributed by atoms with Crippen LogP contribution in [0.15, 0.2) is 42.5 Å². The number of hydrogen-bond donors (Lipinski definition) is 2. The second-order valence-electron chi connectivity index (χ2n) is 16.2. The lowest BCUT2D eigenvalue weighted by molar-refractivity contribution is -0.138. The first-order valence-corrected chi connectivity index (χ1v) is 19.8. The standard InChI is InChI=1S/C41H49F3N6O5S.ClH/c1-24-19-26(20-25(2)48(24)23-36(52)46-29-8-5-27(6-9-29)33-15-16-35(51)47-37(33)53)17-18-55-32-13-11-30(12-14-32)50-39(56)49(38(54)40(50,3)4)31-10-7-28(22-45)34(21-31)41(42,43)44;/h5-10,21,24-26,30,32-33H,11-20,23H2,1-4H3,(H,46,52)(H,47,51,53);1H. The number of hydrogen-bond acceptors (Lipinski definition) is 8. The van der Waals surface area contributed by atoms with Crippen molar-refractivity contribution in [1.82, 2.24) is 15.1 Å². The van der Waals surface area contributed by atoms with Crippen molar-refractivity contribution in [3.8, 4) is 6.07 Å². The van der Waals surface area contributed by atoms with Gasteiger partial charge in [0, 0.05) is 36.8 Å². The van der Waals surface area contributed by atoms with E-state index in [1.807, 2.05) is 17.0 Å². The average molecular weight is 831 g/mol. The highest BCUT2D eigenvalue weighted by molar-refractivity contribution is 7.80. The lowest BCUT2D eigenvalue weighted by atomic mass is 9.85. The Morgan fingerprint density at radius 2 is 1.67 bits per heavy atom. The molecule has 4 aliphatic rings.